The van der Waals surface area contributed by atoms with Crippen molar-refractivity contribution in [1.82, 2.24) is 0 Å². The molecule has 0 radical (unpaired) electrons. The Bertz CT molecular complexity index is 850. The van der Waals surface area contributed by atoms with Gasteiger partial charge in [-0.2, -0.15) is 0 Å². The lowest BCUT2D eigenvalue weighted by Gasteiger charge is -2.22. The Balaban J connectivity index is 1.68. The number of ether oxygens (including phenoxy) is 1. The van der Waals surface area contributed by atoms with E-state index in [2.05, 4.69) is 0 Å². The van der Waals surface area contributed by atoms with Crippen LogP contribution in [0.15, 0.2) is 54.6 Å². The molecule has 2 aromatic rings. The summed E-state index contributed by atoms with van der Waals surface area (Å²) in [7, 11) is 1.64. The second-order valence-corrected chi connectivity index (χ2v) is 6.48. The molecule has 0 saturated carbocycles. The van der Waals surface area contributed by atoms with E-state index < -0.39 is 12.1 Å². The quantitative estimate of drug-likeness (QED) is 0.763. The van der Waals surface area contributed by atoms with Crippen molar-refractivity contribution < 1.29 is 19.1 Å². The summed E-state index contributed by atoms with van der Waals surface area (Å²) in [6, 6.07) is 15.9. The average Bonchev–Trinajstić information content (AvgIpc) is 3.13. The standard InChI is InChI=1S/C21H22N2O4/c1-15(20(25)22(2)17-9-4-3-5-10-17)27-21(26)16-8-6-11-18(14-16)23-13-7-12-19(23)24/h3-6,8-11,14-15H,7,12-13H2,1-2H3/t15-/m0/s1. The smallest absolute Gasteiger partial charge is 0.338 e. The van der Waals surface area contributed by atoms with Crippen LogP contribution in [0.25, 0.3) is 0 Å². The fourth-order valence-corrected chi connectivity index (χ4v) is 3.05. The maximum absolute atomic E-state index is 12.5. The number of carbonyl (C=O) groups excluding carboxylic acids is 3. The van der Waals surface area contributed by atoms with Crippen LogP contribution in [-0.2, 0) is 14.3 Å². The van der Waals surface area contributed by atoms with Crippen LogP contribution in [0.3, 0.4) is 0 Å². The number of hydrogen-bond acceptors (Lipinski definition) is 4. The van der Waals surface area contributed by atoms with Gasteiger partial charge in [0.05, 0.1) is 5.56 Å². The largest absolute Gasteiger partial charge is 0.449 e. The van der Waals surface area contributed by atoms with E-state index in [0.717, 1.165) is 12.1 Å². The normalized spacial score (nSPS) is 14.7. The first-order chi connectivity index (χ1) is 13.0. The molecule has 0 unspecified atom stereocenters. The minimum absolute atomic E-state index is 0.0496. The fraction of sp³-hybridized carbons (Fsp3) is 0.286. The molecule has 0 aromatic heterocycles. The summed E-state index contributed by atoms with van der Waals surface area (Å²) >= 11 is 0. The summed E-state index contributed by atoms with van der Waals surface area (Å²) in [5.41, 5.74) is 1.71. The monoisotopic (exact) mass is 366 g/mol. The van der Waals surface area contributed by atoms with Crippen LogP contribution in [0.1, 0.15) is 30.1 Å². The van der Waals surface area contributed by atoms with E-state index in [1.807, 2.05) is 30.3 Å². The number of benzene rings is 2. The van der Waals surface area contributed by atoms with E-state index >= 15 is 0 Å². The number of para-hydroxylation sites is 1. The van der Waals surface area contributed by atoms with Crippen molar-refractivity contribution in [2.24, 2.45) is 0 Å². The first-order valence-electron chi connectivity index (χ1n) is 8.91. The molecule has 140 valence electrons. The van der Waals surface area contributed by atoms with Gasteiger partial charge in [-0.3, -0.25) is 9.59 Å². The third-order valence-corrected chi connectivity index (χ3v) is 4.57. The summed E-state index contributed by atoms with van der Waals surface area (Å²) in [5, 5.41) is 0. The van der Waals surface area contributed by atoms with Crippen LogP contribution in [0.4, 0.5) is 11.4 Å². The van der Waals surface area contributed by atoms with Gasteiger partial charge in [0.15, 0.2) is 6.10 Å². The van der Waals surface area contributed by atoms with Crippen molar-refractivity contribution in [3.05, 3.63) is 60.2 Å². The van der Waals surface area contributed by atoms with E-state index in [9.17, 15) is 14.4 Å². The van der Waals surface area contributed by atoms with Crippen LogP contribution in [0.5, 0.6) is 0 Å². The molecule has 1 saturated heterocycles. The third-order valence-electron chi connectivity index (χ3n) is 4.57. The topological polar surface area (TPSA) is 66.9 Å². The first kappa shape index (κ1) is 18.6. The Morgan fingerprint density at radius 1 is 1.11 bits per heavy atom. The zero-order valence-corrected chi connectivity index (χ0v) is 15.4. The van der Waals surface area contributed by atoms with Gasteiger partial charge in [0, 0.05) is 31.4 Å². The van der Waals surface area contributed by atoms with Gasteiger partial charge in [-0.05, 0) is 43.7 Å². The summed E-state index contributed by atoms with van der Waals surface area (Å²) in [6.45, 7) is 2.20. The highest BCUT2D eigenvalue weighted by Gasteiger charge is 2.25. The molecule has 0 spiro atoms. The minimum atomic E-state index is -0.931. The van der Waals surface area contributed by atoms with Gasteiger partial charge >= 0.3 is 5.97 Å². The zero-order chi connectivity index (χ0) is 19.4. The van der Waals surface area contributed by atoms with E-state index in [4.69, 9.17) is 4.74 Å². The van der Waals surface area contributed by atoms with Crippen LogP contribution in [0, 0.1) is 0 Å². The predicted octanol–water partition coefficient (Wildman–Crippen LogP) is 3.02. The summed E-state index contributed by atoms with van der Waals surface area (Å²) in [4.78, 5) is 40.0. The predicted molar refractivity (Wildman–Crippen MR) is 103 cm³/mol. The summed E-state index contributed by atoms with van der Waals surface area (Å²) < 4.78 is 5.35. The molecular formula is C21H22N2O4. The number of nitrogens with zero attached hydrogens (tertiary/aromatic N) is 2. The Kier molecular flexibility index (Phi) is 5.54. The second kappa shape index (κ2) is 8.03. The highest BCUT2D eigenvalue weighted by atomic mass is 16.5. The van der Waals surface area contributed by atoms with Crippen molar-refractivity contribution in [3.8, 4) is 0 Å². The summed E-state index contributed by atoms with van der Waals surface area (Å²) in [6.07, 6.45) is 0.399. The maximum Gasteiger partial charge on any atom is 0.338 e. The molecule has 2 amide bonds. The average molecular weight is 366 g/mol. The van der Waals surface area contributed by atoms with Gasteiger partial charge in [0.2, 0.25) is 5.91 Å². The molecule has 6 heteroatoms. The maximum atomic E-state index is 12.5. The van der Waals surface area contributed by atoms with Gasteiger partial charge in [-0.25, -0.2) is 4.79 Å². The van der Waals surface area contributed by atoms with Crippen LogP contribution < -0.4 is 9.80 Å². The van der Waals surface area contributed by atoms with Gasteiger partial charge in [0.1, 0.15) is 0 Å². The lowest BCUT2D eigenvalue weighted by molar-refractivity contribution is -0.126. The zero-order valence-electron chi connectivity index (χ0n) is 15.4. The van der Waals surface area contributed by atoms with Crippen molar-refractivity contribution in [3.63, 3.8) is 0 Å². The summed E-state index contributed by atoms with van der Waals surface area (Å²) in [5.74, 6) is -0.861. The number of anilines is 2. The molecular weight excluding hydrogens is 344 g/mol. The highest BCUT2D eigenvalue weighted by molar-refractivity contribution is 6.00. The van der Waals surface area contributed by atoms with Gasteiger partial charge in [0.25, 0.3) is 5.91 Å². The van der Waals surface area contributed by atoms with Crippen LogP contribution in [-0.4, -0.2) is 37.5 Å². The van der Waals surface area contributed by atoms with E-state index in [0.29, 0.717) is 24.2 Å². The van der Waals surface area contributed by atoms with Crippen LogP contribution in [0.2, 0.25) is 0 Å². The highest BCUT2D eigenvalue weighted by Crippen LogP contribution is 2.23. The fourth-order valence-electron chi connectivity index (χ4n) is 3.05. The Hall–Kier alpha value is -3.15. The Morgan fingerprint density at radius 3 is 2.52 bits per heavy atom. The van der Waals surface area contributed by atoms with Crippen molar-refractivity contribution in [1.29, 1.82) is 0 Å². The van der Waals surface area contributed by atoms with Crippen molar-refractivity contribution in [2.75, 3.05) is 23.4 Å². The molecule has 1 heterocycles. The molecule has 1 aliphatic heterocycles. The molecule has 0 aliphatic carbocycles. The molecule has 1 fully saturated rings. The van der Waals surface area contributed by atoms with Crippen LogP contribution >= 0.6 is 0 Å². The molecule has 0 bridgehead atoms. The SMILES string of the molecule is C[C@H](OC(=O)c1cccc(N2CCCC2=O)c1)C(=O)N(C)c1ccccc1. The second-order valence-electron chi connectivity index (χ2n) is 6.48. The van der Waals surface area contributed by atoms with Crippen molar-refractivity contribution in [2.45, 2.75) is 25.9 Å². The minimum Gasteiger partial charge on any atom is -0.449 e. The third kappa shape index (κ3) is 4.16. The number of likely N-dealkylation sites (N-methyl/N-ethyl adjacent to an activating group) is 1. The molecule has 3 rings (SSSR count). The molecule has 27 heavy (non-hydrogen) atoms. The lowest BCUT2D eigenvalue weighted by Crippen LogP contribution is -2.37. The number of amides is 2. The molecule has 1 atom stereocenters. The Labute approximate surface area is 158 Å². The number of rotatable bonds is 5. The number of esters is 1. The van der Waals surface area contributed by atoms with E-state index in [-0.39, 0.29) is 11.8 Å². The molecule has 1 aliphatic rings. The molecule has 2 aromatic carbocycles. The number of hydrogen-bond donors (Lipinski definition) is 0. The van der Waals surface area contributed by atoms with Gasteiger partial charge < -0.3 is 14.5 Å². The van der Waals surface area contributed by atoms with E-state index in [1.54, 1.807) is 43.1 Å². The Morgan fingerprint density at radius 2 is 1.85 bits per heavy atom. The van der Waals surface area contributed by atoms with E-state index in [1.165, 1.54) is 4.90 Å². The molecule has 0 N–H and O–H groups in total. The number of carbonyl (C=O) groups is 3. The van der Waals surface area contributed by atoms with Crippen molar-refractivity contribution >= 4 is 29.2 Å². The first-order valence-corrected chi connectivity index (χ1v) is 8.91. The van der Waals surface area contributed by atoms with Gasteiger partial charge in [-0.1, -0.05) is 24.3 Å². The lowest BCUT2D eigenvalue weighted by atomic mass is 10.2. The van der Waals surface area contributed by atoms with Gasteiger partial charge in [-0.15, -0.1) is 0 Å². The molecule has 6 nitrogen and oxygen atoms in total.